The maximum atomic E-state index is 12.3. The summed E-state index contributed by atoms with van der Waals surface area (Å²) in [6, 6.07) is 16.3. The molecule has 0 aromatic heterocycles. The van der Waals surface area contributed by atoms with E-state index in [9.17, 15) is 4.79 Å². The van der Waals surface area contributed by atoms with E-state index in [4.69, 9.17) is 0 Å². The molecule has 0 heterocycles. The van der Waals surface area contributed by atoms with Crippen molar-refractivity contribution in [1.29, 1.82) is 0 Å². The highest BCUT2D eigenvalue weighted by molar-refractivity contribution is 5.95. The van der Waals surface area contributed by atoms with E-state index in [0.29, 0.717) is 5.92 Å². The lowest BCUT2D eigenvalue weighted by atomic mass is 9.96. The number of carbonyl (C=O) groups excluding carboxylic acids is 1. The van der Waals surface area contributed by atoms with Gasteiger partial charge in [-0.25, -0.2) is 0 Å². The quantitative estimate of drug-likeness (QED) is 0.832. The number of carbonyl (C=O) groups is 1. The van der Waals surface area contributed by atoms with Gasteiger partial charge in [-0.1, -0.05) is 55.8 Å². The van der Waals surface area contributed by atoms with Crippen LogP contribution in [0.1, 0.15) is 43.4 Å². The third kappa shape index (κ3) is 4.45. The number of aryl methyl sites for hydroxylation is 1. The highest BCUT2D eigenvalue weighted by Crippen LogP contribution is 2.20. The summed E-state index contributed by atoms with van der Waals surface area (Å²) in [6.45, 7) is 8.41. The van der Waals surface area contributed by atoms with Crippen LogP contribution in [0.15, 0.2) is 48.5 Å². The number of hydrogen-bond acceptors (Lipinski definition) is 1. The summed E-state index contributed by atoms with van der Waals surface area (Å²) in [5.41, 5.74) is 4.41. The van der Waals surface area contributed by atoms with Crippen LogP contribution in [0, 0.1) is 12.8 Å². The van der Waals surface area contributed by atoms with E-state index in [-0.39, 0.29) is 11.8 Å². The first-order chi connectivity index (χ1) is 10.5. The van der Waals surface area contributed by atoms with Gasteiger partial charge in [-0.05, 0) is 49.4 Å². The van der Waals surface area contributed by atoms with Crippen LogP contribution in [-0.2, 0) is 11.2 Å². The number of anilines is 1. The molecule has 1 amide bonds. The Hall–Kier alpha value is -2.09. The maximum absolute atomic E-state index is 12.3. The van der Waals surface area contributed by atoms with Crippen LogP contribution < -0.4 is 5.32 Å². The molecule has 2 heteroatoms. The summed E-state index contributed by atoms with van der Waals surface area (Å²) in [7, 11) is 0. The summed E-state index contributed by atoms with van der Waals surface area (Å²) in [4.78, 5) is 12.3. The number of amides is 1. The van der Waals surface area contributed by atoms with Crippen LogP contribution in [0.25, 0.3) is 0 Å². The molecule has 0 aliphatic heterocycles. The van der Waals surface area contributed by atoms with E-state index in [1.165, 1.54) is 11.1 Å². The Morgan fingerprint density at radius 1 is 0.955 bits per heavy atom. The lowest BCUT2D eigenvalue weighted by Gasteiger charge is -2.14. The van der Waals surface area contributed by atoms with Crippen LogP contribution in [0.3, 0.4) is 0 Å². The van der Waals surface area contributed by atoms with Crippen molar-refractivity contribution in [2.24, 2.45) is 5.92 Å². The molecule has 1 N–H and O–H groups in total. The molecule has 116 valence electrons. The Balaban J connectivity index is 2.02. The Labute approximate surface area is 133 Å². The number of rotatable bonds is 5. The fourth-order valence-corrected chi connectivity index (χ4v) is 2.45. The Kier molecular flexibility index (Phi) is 5.37. The predicted octanol–water partition coefficient (Wildman–Crippen LogP) is 4.94. The molecule has 1 unspecified atom stereocenters. The first-order valence-corrected chi connectivity index (χ1v) is 7.92. The highest BCUT2D eigenvalue weighted by atomic mass is 16.1. The summed E-state index contributed by atoms with van der Waals surface area (Å²) >= 11 is 0. The second-order valence-electron chi connectivity index (χ2n) is 6.42. The normalized spacial score (nSPS) is 12.2. The van der Waals surface area contributed by atoms with Gasteiger partial charge in [0, 0.05) is 5.69 Å². The fraction of sp³-hybridized carbons (Fsp3) is 0.350. The molecule has 2 aromatic carbocycles. The molecule has 1 atom stereocenters. The van der Waals surface area contributed by atoms with Crippen molar-refractivity contribution in [1.82, 2.24) is 0 Å². The van der Waals surface area contributed by atoms with Crippen LogP contribution >= 0.6 is 0 Å². The number of hydrogen-bond donors (Lipinski definition) is 1. The second-order valence-corrected chi connectivity index (χ2v) is 6.42. The summed E-state index contributed by atoms with van der Waals surface area (Å²) in [6.07, 6.45) is 1.07. The largest absolute Gasteiger partial charge is 0.326 e. The predicted molar refractivity (Wildman–Crippen MR) is 93.2 cm³/mol. The molecule has 0 saturated carbocycles. The topological polar surface area (TPSA) is 29.1 Å². The first kappa shape index (κ1) is 16.3. The zero-order valence-corrected chi connectivity index (χ0v) is 13.9. The first-order valence-electron chi connectivity index (χ1n) is 7.92. The van der Waals surface area contributed by atoms with Gasteiger partial charge in [0.05, 0.1) is 5.92 Å². The number of nitrogens with one attached hydrogen (secondary N) is 1. The van der Waals surface area contributed by atoms with Gasteiger partial charge in [-0.3, -0.25) is 4.79 Å². The van der Waals surface area contributed by atoms with E-state index in [0.717, 1.165) is 17.7 Å². The van der Waals surface area contributed by atoms with Crippen LogP contribution in [0.4, 0.5) is 5.69 Å². The summed E-state index contributed by atoms with van der Waals surface area (Å²) in [5.74, 6) is 0.517. The van der Waals surface area contributed by atoms with E-state index in [2.05, 4.69) is 43.4 Å². The van der Waals surface area contributed by atoms with Gasteiger partial charge in [-0.15, -0.1) is 0 Å². The summed E-state index contributed by atoms with van der Waals surface area (Å²) in [5, 5.41) is 2.98. The average Bonchev–Trinajstić information content (AvgIpc) is 2.49. The molecular weight excluding hydrogens is 270 g/mol. The molecule has 0 aliphatic rings. The molecule has 0 fully saturated rings. The Morgan fingerprint density at radius 3 is 2.09 bits per heavy atom. The average molecular weight is 295 g/mol. The van der Waals surface area contributed by atoms with Crippen molar-refractivity contribution in [3.63, 3.8) is 0 Å². The maximum Gasteiger partial charge on any atom is 0.231 e. The molecular formula is C20H25NO. The van der Waals surface area contributed by atoms with Crippen LogP contribution in [-0.4, -0.2) is 5.91 Å². The van der Waals surface area contributed by atoms with Crippen molar-refractivity contribution in [2.75, 3.05) is 5.32 Å². The molecule has 2 aromatic rings. The number of benzene rings is 2. The molecule has 2 nitrogen and oxygen atoms in total. The Bertz CT molecular complexity index is 611. The van der Waals surface area contributed by atoms with Gasteiger partial charge in [0.1, 0.15) is 0 Å². The second kappa shape index (κ2) is 7.26. The van der Waals surface area contributed by atoms with Gasteiger partial charge in [0.15, 0.2) is 0 Å². The van der Waals surface area contributed by atoms with Crippen molar-refractivity contribution < 1.29 is 4.79 Å². The molecule has 0 aliphatic carbocycles. The lowest BCUT2D eigenvalue weighted by Crippen LogP contribution is -2.18. The molecule has 22 heavy (non-hydrogen) atoms. The zero-order chi connectivity index (χ0) is 16.1. The van der Waals surface area contributed by atoms with Gasteiger partial charge in [0.25, 0.3) is 0 Å². The molecule has 0 radical (unpaired) electrons. The minimum Gasteiger partial charge on any atom is -0.326 e. The van der Waals surface area contributed by atoms with E-state index >= 15 is 0 Å². The van der Waals surface area contributed by atoms with Crippen LogP contribution in [0.2, 0.25) is 0 Å². The lowest BCUT2D eigenvalue weighted by molar-refractivity contribution is -0.117. The molecule has 2 rings (SSSR count). The van der Waals surface area contributed by atoms with Crippen molar-refractivity contribution in [3.8, 4) is 0 Å². The molecule has 0 spiro atoms. The van der Waals surface area contributed by atoms with Crippen LogP contribution in [0.5, 0.6) is 0 Å². The van der Waals surface area contributed by atoms with E-state index < -0.39 is 0 Å². The Morgan fingerprint density at radius 2 is 1.55 bits per heavy atom. The molecule has 0 saturated heterocycles. The molecule has 0 bridgehead atoms. The minimum atomic E-state index is -0.158. The van der Waals surface area contributed by atoms with Gasteiger partial charge < -0.3 is 5.32 Å². The van der Waals surface area contributed by atoms with Gasteiger partial charge in [0.2, 0.25) is 5.91 Å². The van der Waals surface area contributed by atoms with Gasteiger partial charge in [-0.2, -0.15) is 0 Å². The van der Waals surface area contributed by atoms with Crippen molar-refractivity contribution >= 4 is 11.6 Å². The smallest absolute Gasteiger partial charge is 0.231 e. The van der Waals surface area contributed by atoms with Gasteiger partial charge >= 0.3 is 0 Å². The standard InChI is InChI=1S/C20H25NO/c1-14(2)13-17-7-9-18(10-8-17)16(4)20(22)21-19-11-5-15(3)6-12-19/h5-12,14,16H,13H2,1-4H3,(H,21,22). The third-order valence-corrected chi connectivity index (χ3v) is 3.84. The van der Waals surface area contributed by atoms with Crippen molar-refractivity contribution in [2.45, 2.75) is 40.0 Å². The zero-order valence-electron chi connectivity index (χ0n) is 13.9. The third-order valence-electron chi connectivity index (χ3n) is 3.84. The van der Waals surface area contributed by atoms with E-state index in [1.54, 1.807) is 0 Å². The SMILES string of the molecule is Cc1ccc(NC(=O)C(C)c2ccc(CC(C)C)cc2)cc1. The monoisotopic (exact) mass is 295 g/mol. The highest BCUT2D eigenvalue weighted by Gasteiger charge is 2.15. The van der Waals surface area contributed by atoms with Crippen molar-refractivity contribution in [3.05, 3.63) is 65.2 Å². The fourth-order valence-electron chi connectivity index (χ4n) is 2.45. The summed E-state index contributed by atoms with van der Waals surface area (Å²) < 4.78 is 0. The minimum absolute atomic E-state index is 0.0282. The van der Waals surface area contributed by atoms with E-state index in [1.807, 2.05) is 38.1 Å².